The van der Waals surface area contributed by atoms with Crippen LogP contribution < -0.4 is 10.0 Å². The molecular formula is C13H21FN4O2S. The summed E-state index contributed by atoms with van der Waals surface area (Å²) in [6.45, 7) is 2.32. The SMILES string of the molecule is CCc1ncnc(NC[C@H]2CCC[C@@H]2NS(C)(=O)=O)c1F. The standard InChI is InChI=1S/C13H21FN4O2S/c1-3-10-12(14)13(17-8-16-10)15-7-9-5-4-6-11(9)18-21(2,19)20/h8-9,11,18H,3-7H2,1-2H3,(H,15,16,17)/t9-,11+/m1/s1. The van der Waals surface area contributed by atoms with Crippen LogP contribution in [0.4, 0.5) is 10.2 Å². The molecule has 0 saturated heterocycles. The fourth-order valence-electron chi connectivity index (χ4n) is 2.72. The minimum absolute atomic E-state index is 0.0944. The van der Waals surface area contributed by atoms with Crippen LogP contribution in [-0.2, 0) is 16.4 Å². The van der Waals surface area contributed by atoms with Crippen molar-refractivity contribution in [3.05, 3.63) is 17.8 Å². The number of hydrogen-bond donors (Lipinski definition) is 2. The minimum atomic E-state index is -3.22. The number of hydrogen-bond acceptors (Lipinski definition) is 5. The average Bonchev–Trinajstić information content (AvgIpc) is 2.82. The average molecular weight is 316 g/mol. The molecule has 0 amide bonds. The first-order valence-corrected chi connectivity index (χ1v) is 9.00. The van der Waals surface area contributed by atoms with Gasteiger partial charge in [0.25, 0.3) is 0 Å². The molecule has 1 fully saturated rings. The molecule has 0 spiro atoms. The van der Waals surface area contributed by atoms with Crippen LogP contribution in [-0.4, -0.2) is 37.2 Å². The number of aryl methyl sites for hydroxylation is 1. The third-order valence-electron chi connectivity index (χ3n) is 3.75. The van der Waals surface area contributed by atoms with Crippen LogP contribution in [0.5, 0.6) is 0 Å². The van der Waals surface area contributed by atoms with Gasteiger partial charge in [0.1, 0.15) is 6.33 Å². The zero-order chi connectivity index (χ0) is 15.5. The first kappa shape index (κ1) is 16.1. The molecular weight excluding hydrogens is 295 g/mol. The highest BCUT2D eigenvalue weighted by Crippen LogP contribution is 2.26. The maximum Gasteiger partial charge on any atom is 0.208 e. The van der Waals surface area contributed by atoms with E-state index in [1.165, 1.54) is 6.33 Å². The molecule has 1 aliphatic rings. The van der Waals surface area contributed by atoms with Crippen LogP contribution in [0.1, 0.15) is 31.9 Å². The van der Waals surface area contributed by atoms with Crippen LogP contribution in [0.3, 0.4) is 0 Å². The smallest absolute Gasteiger partial charge is 0.208 e. The van der Waals surface area contributed by atoms with Crippen molar-refractivity contribution in [3.63, 3.8) is 0 Å². The summed E-state index contributed by atoms with van der Waals surface area (Å²) in [6.07, 6.45) is 5.69. The lowest BCUT2D eigenvalue weighted by Gasteiger charge is -2.20. The van der Waals surface area contributed by atoms with E-state index in [1.54, 1.807) is 0 Å². The van der Waals surface area contributed by atoms with E-state index < -0.39 is 15.8 Å². The first-order chi connectivity index (χ1) is 9.90. The predicted octanol–water partition coefficient (Wildman–Crippen LogP) is 1.31. The summed E-state index contributed by atoms with van der Waals surface area (Å²) in [7, 11) is -3.22. The normalized spacial score (nSPS) is 22.4. The fraction of sp³-hybridized carbons (Fsp3) is 0.692. The third kappa shape index (κ3) is 4.34. The Kier molecular flexibility index (Phi) is 5.10. The second-order valence-electron chi connectivity index (χ2n) is 5.40. The quantitative estimate of drug-likeness (QED) is 0.826. The van der Waals surface area contributed by atoms with Crippen molar-refractivity contribution in [1.29, 1.82) is 0 Å². The lowest BCUT2D eigenvalue weighted by atomic mass is 10.0. The van der Waals surface area contributed by atoms with Crippen molar-refractivity contribution in [3.8, 4) is 0 Å². The Hall–Kier alpha value is -1.28. The van der Waals surface area contributed by atoms with Gasteiger partial charge in [-0.15, -0.1) is 0 Å². The summed E-state index contributed by atoms with van der Waals surface area (Å²) >= 11 is 0. The molecule has 1 aromatic rings. The Morgan fingerprint density at radius 1 is 1.38 bits per heavy atom. The van der Waals surface area contributed by atoms with Gasteiger partial charge in [0.05, 0.1) is 11.9 Å². The maximum atomic E-state index is 14.0. The van der Waals surface area contributed by atoms with E-state index in [1.807, 2.05) is 6.92 Å². The number of nitrogens with zero attached hydrogens (tertiary/aromatic N) is 2. The van der Waals surface area contributed by atoms with Gasteiger partial charge in [-0.05, 0) is 25.2 Å². The van der Waals surface area contributed by atoms with E-state index >= 15 is 0 Å². The second kappa shape index (κ2) is 6.65. The monoisotopic (exact) mass is 316 g/mol. The molecule has 1 heterocycles. The van der Waals surface area contributed by atoms with Gasteiger partial charge < -0.3 is 5.32 Å². The van der Waals surface area contributed by atoms with Gasteiger partial charge in [-0.2, -0.15) is 0 Å². The van der Waals surface area contributed by atoms with Gasteiger partial charge in [-0.1, -0.05) is 13.3 Å². The van der Waals surface area contributed by atoms with Crippen LogP contribution in [0.2, 0.25) is 0 Å². The van der Waals surface area contributed by atoms with Crippen LogP contribution in [0.15, 0.2) is 6.33 Å². The predicted molar refractivity (Wildman–Crippen MR) is 79.0 cm³/mol. The van der Waals surface area contributed by atoms with E-state index in [0.29, 0.717) is 18.7 Å². The molecule has 0 radical (unpaired) electrons. The molecule has 0 aliphatic heterocycles. The Morgan fingerprint density at radius 2 is 2.14 bits per heavy atom. The zero-order valence-corrected chi connectivity index (χ0v) is 13.1. The van der Waals surface area contributed by atoms with Crippen molar-refractivity contribution >= 4 is 15.8 Å². The topological polar surface area (TPSA) is 84.0 Å². The van der Waals surface area contributed by atoms with Crippen molar-refractivity contribution < 1.29 is 12.8 Å². The molecule has 118 valence electrons. The van der Waals surface area contributed by atoms with E-state index in [9.17, 15) is 12.8 Å². The molecule has 1 aliphatic carbocycles. The summed E-state index contributed by atoms with van der Waals surface area (Å²) in [5, 5.41) is 2.98. The van der Waals surface area contributed by atoms with Gasteiger partial charge in [0.15, 0.2) is 11.6 Å². The van der Waals surface area contributed by atoms with Gasteiger partial charge in [-0.3, -0.25) is 0 Å². The van der Waals surface area contributed by atoms with Crippen LogP contribution in [0.25, 0.3) is 0 Å². The van der Waals surface area contributed by atoms with E-state index in [2.05, 4.69) is 20.0 Å². The number of nitrogens with one attached hydrogen (secondary N) is 2. The summed E-state index contributed by atoms with van der Waals surface area (Å²) < 4.78 is 39.3. The van der Waals surface area contributed by atoms with Crippen molar-refractivity contribution in [2.24, 2.45) is 5.92 Å². The Bertz CT molecular complexity index is 594. The molecule has 0 aromatic carbocycles. The number of anilines is 1. The molecule has 2 rings (SSSR count). The molecule has 1 saturated carbocycles. The molecule has 2 N–H and O–H groups in total. The highest BCUT2D eigenvalue weighted by atomic mass is 32.2. The van der Waals surface area contributed by atoms with Crippen LogP contribution >= 0.6 is 0 Å². The number of halogens is 1. The first-order valence-electron chi connectivity index (χ1n) is 7.11. The Balaban J connectivity index is 1.99. The van der Waals surface area contributed by atoms with E-state index in [-0.39, 0.29) is 17.8 Å². The molecule has 2 atom stereocenters. The van der Waals surface area contributed by atoms with E-state index in [0.717, 1.165) is 25.5 Å². The van der Waals surface area contributed by atoms with Crippen molar-refractivity contribution in [2.45, 2.75) is 38.6 Å². The van der Waals surface area contributed by atoms with Crippen molar-refractivity contribution in [2.75, 3.05) is 18.1 Å². The highest BCUT2D eigenvalue weighted by molar-refractivity contribution is 7.88. The minimum Gasteiger partial charge on any atom is -0.367 e. The van der Waals surface area contributed by atoms with Crippen molar-refractivity contribution in [1.82, 2.24) is 14.7 Å². The maximum absolute atomic E-state index is 14.0. The number of sulfonamides is 1. The summed E-state index contributed by atoms with van der Waals surface area (Å²) in [5.74, 6) is -0.100. The van der Waals surface area contributed by atoms with Gasteiger partial charge in [-0.25, -0.2) is 27.5 Å². The lowest BCUT2D eigenvalue weighted by molar-refractivity contribution is 0.462. The summed E-state index contributed by atoms with van der Waals surface area (Å²) in [5.41, 5.74) is 0.379. The zero-order valence-electron chi connectivity index (χ0n) is 12.3. The Morgan fingerprint density at radius 3 is 2.81 bits per heavy atom. The van der Waals surface area contributed by atoms with Gasteiger partial charge in [0, 0.05) is 12.6 Å². The third-order valence-corrected chi connectivity index (χ3v) is 4.48. The van der Waals surface area contributed by atoms with Gasteiger partial charge in [0.2, 0.25) is 10.0 Å². The summed E-state index contributed by atoms with van der Waals surface area (Å²) in [4.78, 5) is 7.79. The number of rotatable bonds is 6. The number of aromatic nitrogens is 2. The highest BCUT2D eigenvalue weighted by Gasteiger charge is 2.29. The van der Waals surface area contributed by atoms with E-state index in [4.69, 9.17) is 0 Å². The van der Waals surface area contributed by atoms with Crippen LogP contribution in [0, 0.1) is 11.7 Å². The molecule has 21 heavy (non-hydrogen) atoms. The summed E-state index contributed by atoms with van der Waals surface area (Å²) in [6, 6.07) is -0.0944. The second-order valence-corrected chi connectivity index (χ2v) is 7.18. The molecule has 0 bridgehead atoms. The molecule has 8 heteroatoms. The molecule has 0 unspecified atom stereocenters. The van der Waals surface area contributed by atoms with Gasteiger partial charge >= 0.3 is 0 Å². The molecule has 6 nitrogen and oxygen atoms in total. The fourth-order valence-corrected chi connectivity index (χ4v) is 3.58. The Labute approximate surface area is 124 Å². The molecule has 1 aromatic heterocycles. The lowest BCUT2D eigenvalue weighted by Crippen LogP contribution is -2.39. The largest absolute Gasteiger partial charge is 0.367 e.